The second-order valence-corrected chi connectivity index (χ2v) is 8.23. The lowest BCUT2D eigenvalue weighted by molar-refractivity contribution is -0.919. The Hall–Kier alpha value is -0.770. The van der Waals surface area contributed by atoms with Crippen molar-refractivity contribution in [2.75, 3.05) is 26.2 Å². The van der Waals surface area contributed by atoms with Crippen LogP contribution in [0.5, 0.6) is 0 Å². The molecule has 0 bridgehead atoms. The van der Waals surface area contributed by atoms with Crippen molar-refractivity contribution < 1.29 is 9.69 Å². The van der Waals surface area contributed by atoms with Crippen molar-refractivity contribution >= 4 is 29.1 Å². The van der Waals surface area contributed by atoms with Crippen LogP contribution in [0, 0.1) is 11.8 Å². The second-order valence-electron chi connectivity index (χ2n) is 7.45. The molecule has 1 aromatic carbocycles. The van der Waals surface area contributed by atoms with Gasteiger partial charge in [0.1, 0.15) is 6.54 Å². The molecule has 3 nitrogen and oxygen atoms in total. The van der Waals surface area contributed by atoms with Crippen molar-refractivity contribution in [1.29, 1.82) is 0 Å². The van der Waals surface area contributed by atoms with Crippen LogP contribution in [0.25, 0.3) is 0 Å². The van der Waals surface area contributed by atoms with Gasteiger partial charge in [0.2, 0.25) is 5.91 Å². The summed E-state index contributed by atoms with van der Waals surface area (Å²) in [6, 6.07) is 5.83. The van der Waals surface area contributed by atoms with Crippen LogP contribution in [0.3, 0.4) is 0 Å². The summed E-state index contributed by atoms with van der Waals surface area (Å²) >= 11 is 12.4. The first-order valence-electron chi connectivity index (χ1n) is 9.10. The van der Waals surface area contributed by atoms with Crippen molar-refractivity contribution in [3.8, 4) is 0 Å². The first-order valence-corrected chi connectivity index (χ1v) is 9.85. The van der Waals surface area contributed by atoms with Gasteiger partial charge >= 0.3 is 0 Å². The third-order valence-electron chi connectivity index (χ3n) is 5.48. The van der Waals surface area contributed by atoms with Crippen LogP contribution < -0.4 is 4.90 Å². The molecule has 0 spiro atoms. The molecule has 2 saturated heterocycles. The molecule has 1 amide bonds. The van der Waals surface area contributed by atoms with Crippen LogP contribution in [-0.4, -0.2) is 37.0 Å². The first-order chi connectivity index (χ1) is 11.5. The average molecular weight is 370 g/mol. The van der Waals surface area contributed by atoms with Gasteiger partial charge in [0, 0.05) is 37.4 Å². The Balaban J connectivity index is 1.52. The van der Waals surface area contributed by atoms with Gasteiger partial charge in [-0.15, -0.1) is 0 Å². The summed E-state index contributed by atoms with van der Waals surface area (Å²) in [6.45, 7) is 7.10. The number of halogens is 2. The number of benzene rings is 1. The largest absolute Gasteiger partial charge is 0.342 e. The van der Waals surface area contributed by atoms with E-state index in [0.29, 0.717) is 21.9 Å². The number of quaternary nitrogens is 1. The summed E-state index contributed by atoms with van der Waals surface area (Å²) in [7, 11) is 0. The lowest BCUT2D eigenvalue weighted by Gasteiger charge is -2.36. The number of hydrogen-bond donors (Lipinski definition) is 1. The van der Waals surface area contributed by atoms with Crippen LogP contribution in [0.1, 0.15) is 38.2 Å². The summed E-state index contributed by atoms with van der Waals surface area (Å²) in [5, 5.41) is 1.30. The summed E-state index contributed by atoms with van der Waals surface area (Å²) in [5.41, 5.74) is 1.11. The fraction of sp³-hybridized carbons (Fsp3) is 0.632. The maximum atomic E-state index is 12.7. The average Bonchev–Trinajstić information content (AvgIpc) is 2.59. The maximum Gasteiger partial charge on any atom is 0.226 e. The van der Waals surface area contributed by atoms with Crippen LogP contribution in [0.15, 0.2) is 18.2 Å². The van der Waals surface area contributed by atoms with Crippen LogP contribution >= 0.6 is 23.2 Å². The summed E-state index contributed by atoms with van der Waals surface area (Å²) in [6.07, 6.45) is 4.38. The molecule has 2 aliphatic rings. The minimum absolute atomic E-state index is 0.217. The maximum absolute atomic E-state index is 12.7. The highest BCUT2D eigenvalue weighted by Gasteiger charge is 2.32. The molecule has 0 aliphatic carbocycles. The minimum Gasteiger partial charge on any atom is -0.342 e. The molecule has 1 atom stereocenters. The van der Waals surface area contributed by atoms with Gasteiger partial charge in [-0.1, -0.05) is 42.3 Å². The number of nitrogens with one attached hydrogen (secondary N) is 1. The third kappa shape index (κ3) is 4.25. The van der Waals surface area contributed by atoms with Crippen LogP contribution in [0.2, 0.25) is 10.0 Å². The minimum atomic E-state index is 0.217. The fourth-order valence-corrected chi connectivity index (χ4v) is 4.44. The van der Waals surface area contributed by atoms with Gasteiger partial charge in [-0.05, 0) is 24.8 Å². The highest BCUT2D eigenvalue weighted by molar-refractivity contribution is 6.42. The van der Waals surface area contributed by atoms with Gasteiger partial charge in [0.15, 0.2) is 0 Å². The number of nitrogens with zero attached hydrogens (tertiary/aromatic N) is 1. The number of likely N-dealkylation sites (tertiary alicyclic amines) is 2. The van der Waals surface area contributed by atoms with E-state index in [4.69, 9.17) is 23.2 Å². The Morgan fingerprint density at radius 2 is 2.00 bits per heavy atom. The zero-order chi connectivity index (χ0) is 17.1. The van der Waals surface area contributed by atoms with E-state index in [1.807, 2.05) is 18.2 Å². The standard InChI is InChI=1S/C19H26Cl2N2O/c1-14-4-3-9-23(12-14)19(24)15-7-10-22(11-8-15)13-16-5-2-6-17(20)18(16)21/h2,5-6,14-15H,3-4,7-13H2,1H3/p+1/t14-/m0/s1. The highest BCUT2D eigenvalue weighted by atomic mass is 35.5. The second kappa shape index (κ2) is 8.07. The fourth-order valence-electron chi connectivity index (χ4n) is 4.05. The molecule has 0 saturated carbocycles. The van der Waals surface area contributed by atoms with E-state index >= 15 is 0 Å². The van der Waals surface area contributed by atoms with Crippen molar-refractivity contribution in [3.05, 3.63) is 33.8 Å². The molecule has 0 radical (unpaired) electrons. The number of piperidine rings is 2. The van der Waals surface area contributed by atoms with E-state index in [2.05, 4.69) is 11.8 Å². The molecule has 0 aromatic heterocycles. The molecule has 132 valence electrons. The van der Waals surface area contributed by atoms with Gasteiger partial charge in [0.05, 0.1) is 23.1 Å². The lowest BCUT2D eigenvalue weighted by Crippen LogP contribution is -3.11. The monoisotopic (exact) mass is 369 g/mol. The number of hydrogen-bond acceptors (Lipinski definition) is 1. The van der Waals surface area contributed by atoms with E-state index in [0.717, 1.165) is 57.5 Å². The smallest absolute Gasteiger partial charge is 0.226 e. The van der Waals surface area contributed by atoms with E-state index in [1.54, 1.807) is 0 Å². The molecule has 0 unspecified atom stereocenters. The molecule has 2 heterocycles. The molecular formula is C19H27Cl2N2O+. The zero-order valence-corrected chi connectivity index (χ0v) is 15.9. The van der Waals surface area contributed by atoms with E-state index in [-0.39, 0.29) is 5.92 Å². The van der Waals surface area contributed by atoms with Crippen molar-refractivity contribution in [3.63, 3.8) is 0 Å². The number of amides is 1. The Kier molecular flexibility index (Phi) is 6.07. The number of rotatable bonds is 3. The van der Waals surface area contributed by atoms with E-state index in [9.17, 15) is 4.79 Å². The van der Waals surface area contributed by atoms with Gasteiger partial charge in [-0.25, -0.2) is 0 Å². The molecule has 3 rings (SSSR count). The molecule has 2 fully saturated rings. The molecular weight excluding hydrogens is 343 g/mol. The third-order valence-corrected chi connectivity index (χ3v) is 6.34. The normalized spacial score (nSPS) is 28.0. The Labute approximate surface area is 154 Å². The van der Waals surface area contributed by atoms with Crippen molar-refractivity contribution in [2.24, 2.45) is 11.8 Å². The molecule has 1 N–H and O–H groups in total. The van der Waals surface area contributed by atoms with Gasteiger partial charge < -0.3 is 9.80 Å². The highest BCUT2D eigenvalue weighted by Crippen LogP contribution is 2.25. The SMILES string of the molecule is C[C@H]1CCCN(C(=O)C2CC[NH+](Cc3cccc(Cl)c3Cl)CC2)C1. The summed E-state index contributed by atoms with van der Waals surface area (Å²) in [4.78, 5) is 16.3. The van der Waals surface area contributed by atoms with Crippen molar-refractivity contribution in [1.82, 2.24) is 4.90 Å². The zero-order valence-electron chi connectivity index (χ0n) is 14.4. The van der Waals surface area contributed by atoms with E-state index < -0.39 is 0 Å². The molecule has 2 aliphatic heterocycles. The predicted octanol–water partition coefficient (Wildman–Crippen LogP) is 3.05. The Morgan fingerprint density at radius 1 is 1.25 bits per heavy atom. The van der Waals surface area contributed by atoms with Gasteiger partial charge in [-0.2, -0.15) is 0 Å². The Bertz CT molecular complexity index is 585. The summed E-state index contributed by atoms with van der Waals surface area (Å²) < 4.78 is 0. The van der Waals surface area contributed by atoms with Crippen LogP contribution in [-0.2, 0) is 11.3 Å². The predicted molar refractivity (Wildman–Crippen MR) is 98.6 cm³/mol. The van der Waals surface area contributed by atoms with Crippen molar-refractivity contribution in [2.45, 2.75) is 39.2 Å². The number of carbonyl (C=O) groups excluding carboxylic acids is 1. The Morgan fingerprint density at radius 3 is 2.71 bits per heavy atom. The number of carbonyl (C=O) groups is 1. The van der Waals surface area contributed by atoms with Gasteiger partial charge in [0.25, 0.3) is 0 Å². The first kappa shape index (κ1) is 18.0. The summed E-state index contributed by atoms with van der Waals surface area (Å²) in [5.74, 6) is 1.26. The molecule has 1 aromatic rings. The molecule has 5 heteroatoms. The van der Waals surface area contributed by atoms with E-state index in [1.165, 1.54) is 11.3 Å². The topological polar surface area (TPSA) is 24.8 Å². The quantitative estimate of drug-likeness (QED) is 0.869. The van der Waals surface area contributed by atoms with Crippen LogP contribution in [0.4, 0.5) is 0 Å². The van der Waals surface area contributed by atoms with Gasteiger partial charge in [-0.3, -0.25) is 4.79 Å². The lowest BCUT2D eigenvalue weighted by atomic mass is 9.92. The molecule has 24 heavy (non-hydrogen) atoms.